The minimum absolute atomic E-state index is 0.0502. The van der Waals surface area contributed by atoms with Crippen LogP contribution < -0.4 is 5.32 Å². The third-order valence-electron chi connectivity index (χ3n) is 2.94. The molecule has 0 aliphatic carbocycles. The van der Waals surface area contributed by atoms with Gasteiger partial charge in [-0.15, -0.1) is 0 Å². The maximum atomic E-state index is 12.9. The number of hydrogen-bond donors (Lipinski definition) is 2. The summed E-state index contributed by atoms with van der Waals surface area (Å²) in [5.74, 6) is -2.52. The predicted molar refractivity (Wildman–Crippen MR) is 69.8 cm³/mol. The fourth-order valence-corrected chi connectivity index (χ4v) is 1.83. The monoisotopic (exact) mass is 287 g/mol. The number of carbonyl (C=O) groups is 2. The van der Waals surface area contributed by atoms with Crippen molar-refractivity contribution in [3.8, 4) is 0 Å². The van der Waals surface area contributed by atoms with Crippen LogP contribution in [0.15, 0.2) is 18.2 Å². The molecule has 6 heteroatoms. The van der Waals surface area contributed by atoms with E-state index in [4.69, 9.17) is 16.7 Å². The maximum Gasteiger partial charge on any atom is 0.326 e. The summed E-state index contributed by atoms with van der Waals surface area (Å²) in [4.78, 5) is 23.0. The Hall–Kier alpha value is -1.62. The summed E-state index contributed by atoms with van der Waals surface area (Å²) < 4.78 is 12.9. The van der Waals surface area contributed by atoms with Crippen molar-refractivity contribution >= 4 is 23.5 Å². The van der Waals surface area contributed by atoms with Crippen LogP contribution in [0.4, 0.5) is 4.39 Å². The number of rotatable bonds is 5. The van der Waals surface area contributed by atoms with Crippen LogP contribution in [0, 0.1) is 11.7 Å². The topological polar surface area (TPSA) is 66.4 Å². The van der Waals surface area contributed by atoms with Gasteiger partial charge in [0.1, 0.15) is 11.9 Å². The molecule has 19 heavy (non-hydrogen) atoms. The van der Waals surface area contributed by atoms with Gasteiger partial charge in [-0.25, -0.2) is 9.18 Å². The van der Waals surface area contributed by atoms with Crippen LogP contribution in [-0.4, -0.2) is 23.0 Å². The van der Waals surface area contributed by atoms with E-state index in [1.165, 1.54) is 6.07 Å². The van der Waals surface area contributed by atoms with Crippen LogP contribution in [-0.2, 0) is 4.79 Å². The average molecular weight is 288 g/mol. The van der Waals surface area contributed by atoms with Gasteiger partial charge in [0.2, 0.25) is 0 Å². The first-order valence-corrected chi connectivity index (χ1v) is 6.23. The molecule has 0 unspecified atom stereocenters. The number of aliphatic carboxylic acids is 1. The molecule has 0 aromatic heterocycles. The normalized spacial score (nSPS) is 13.7. The van der Waals surface area contributed by atoms with Crippen molar-refractivity contribution in [1.29, 1.82) is 0 Å². The minimum Gasteiger partial charge on any atom is -0.480 e. The molecule has 0 heterocycles. The first-order chi connectivity index (χ1) is 8.86. The van der Waals surface area contributed by atoms with E-state index in [0.29, 0.717) is 6.42 Å². The molecule has 0 fully saturated rings. The van der Waals surface area contributed by atoms with Crippen molar-refractivity contribution in [1.82, 2.24) is 5.32 Å². The third-order valence-corrected chi connectivity index (χ3v) is 3.25. The zero-order valence-electron chi connectivity index (χ0n) is 10.6. The molecule has 1 rings (SSSR count). The average Bonchev–Trinajstić information content (AvgIpc) is 2.34. The Morgan fingerprint density at radius 1 is 1.47 bits per heavy atom. The summed E-state index contributed by atoms with van der Waals surface area (Å²) in [5, 5.41) is 11.4. The van der Waals surface area contributed by atoms with Gasteiger partial charge >= 0.3 is 5.97 Å². The number of benzene rings is 1. The van der Waals surface area contributed by atoms with Crippen molar-refractivity contribution in [2.45, 2.75) is 26.3 Å². The summed E-state index contributed by atoms with van der Waals surface area (Å²) >= 11 is 5.75. The van der Waals surface area contributed by atoms with Crippen molar-refractivity contribution in [3.63, 3.8) is 0 Å². The highest BCUT2D eigenvalue weighted by Gasteiger charge is 2.26. The second kappa shape index (κ2) is 6.52. The molecule has 0 saturated carbocycles. The number of halogens is 2. The largest absolute Gasteiger partial charge is 0.480 e. The van der Waals surface area contributed by atoms with E-state index < -0.39 is 23.7 Å². The molecule has 0 radical (unpaired) electrons. The Bertz CT molecular complexity index is 493. The van der Waals surface area contributed by atoms with E-state index in [1.807, 2.05) is 6.92 Å². The number of amides is 1. The molecule has 0 aliphatic heterocycles. The second-order valence-corrected chi connectivity index (χ2v) is 4.71. The van der Waals surface area contributed by atoms with Crippen molar-refractivity contribution < 1.29 is 19.1 Å². The van der Waals surface area contributed by atoms with Gasteiger partial charge in [-0.1, -0.05) is 31.9 Å². The zero-order valence-corrected chi connectivity index (χ0v) is 11.4. The number of nitrogens with one attached hydrogen (secondary N) is 1. The summed E-state index contributed by atoms with van der Waals surface area (Å²) in [6.07, 6.45) is 0.606. The zero-order chi connectivity index (χ0) is 14.6. The second-order valence-electron chi connectivity index (χ2n) is 4.30. The van der Waals surface area contributed by atoms with Gasteiger partial charge in [0.15, 0.2) is 0 Å². The van der Waals surface area contributed by atoms with E-state index in [2.05, 4.69) is 5.32 Å². The van der Waals surface area contributed by atoms with Crippen LogP contribution in [0.1, 0.15) is 30.6 Å². The molecule has 1 amide bonds. The lowest BCUT2D eigenvalue weighted by molar-refractivity contribution is -0.140. The Kier molecular flexibility index (Phi) is 5.30. The quantitative estimate of drug-likeness (QED) is 0.875. The van der Waals surface area contributed by atoms with Crippen molar-refractivity contribution in [2.75, 3.05) is 0 Å². The van der Waals surface area contributed by atoms with Gasteiger partial charge in [-0.3, -0.25) is 4.79 Å². The predicted octanol–water partition coefficient (Wildman–Crippen LogP) is 2.71. The molecule has 0 bridgehead atoms. The minimum atomic E-state index is -1.11. The molecule has 1 aromatic carbocycles. The molecule has 2 N–H and O–H groups in total. The van der Waals surface area contributed by atoms with Gasteiger partial charge < -0.3 is 10.4 Å². The number of carbonyl (C=O) groups excluding carboxylic acids is 1. The SMILES string of the molecule is CC[C@H](C)[C@H](NC(=O)c1ccc(F)cc1Cl)C(=O)O. The van der Waals surface area contributed by atoms with Gasteiger partial charge in [0.05, 0.1) is 10.6 Å². The highest BCUT2D eigenvalue weighted by atomic mass is 35.5. The Balaban J connectivity index is 2.91. The van der Waals surface area contributed by atoms with Gasteiger partial charge in [-0.2, -0.15) is 0 Å². The summed E-state index contributed by atoms with van der Waals surface area (Å²) in [5.41, 5.74) is 0.0534. The lowest BCUT2D eigenvalue weighted by Crippen LogP contribution is -2.45. The van der Waals surface area contributed by atoms with E-state index in [-0.39, 0.29) is 16.5 Å². The fourth-order valence-electron chi connectivity index (χ4n) is 1.58. The van der Waals surface area contributed by atoms with Crippen LogP contribution in [0.25, 0.3) is 0 Å². The number of carboxylic acid groups (broad SMARTS) is 1. The molecule has 2 atom stereocenters. The molecule has 0 saturated heterocycles. The van der Waals surface area contributed by atoms with Crippen LogP contribution >= 0.6 is 11.6 Å². The van der Waals surface area contributed by atoms with E-state index in [1.54, 1.807) is 6.92 Å². The smallest absolute Gasteiger partial charge is 0.326 e. The summed E-state index contributed by atoms with van der Waals surface area (Å²) in [6, 6.07) is 2.33. The molecule has 0 aliphatic rings. The van der Waals surface area contributed by atoms with E-state index in [9.17, 15) is 14.0 Å². The highest BCUT2D eigenvalue weighted by Crippen LogP contribution is 2.18. The highest BCUT2D eigenvalue weighted by molar-refractivity contribution is 6.33. The fraction of sp³-hybridized carbons (Fsp3) is 0.385. The van der Waals surface area contributed by atoms with E-state index >= 15 is 0 Å². The standard InChI is InChI=1S/C13H15ClFNO3/c1-3-7(2)11(13(18)19)16-12(17)9-5-4-8(15)6-10(9)14/h4-7,11H,3H2,1-2H3,(H,16,17)(H,18,19)/t7-,11-/m0/s1. The van der Waals surface area contributed by atoms with Crippen LogP contribution in [0.2, 0.25) is 5.02 Å². The molecular weight excluding hydrogens is 273 g/mol. The first kappa shape index (κ1) is 15.4. The van der Waals surface area contributed by atoms with E-state index in [0.717, 1.165) is 12.1 Å². The first-order valence-electron chi connectivity index (χ1n) is 5.85. The Morgan fingerprint density at radius 2 is 2.11 bits per heavy atom. The van der Waals surface area contributed by atoms with Crippen molar-refractivity contribution in [2.24, 2.45) is 5.92 Å². The molecule has 104 valence electrons. The van der Waals surface area contributed by atoms with Crippen LogP contribution in [0.3, 0.4) is 0 Å². The number of hydrogen-bond acceptors (Lipinski definition) is 2. The van der Waals surface area contributed by atoms with Gasteiger partial charge in [0, 0.05) is 0 Å². The summed E-state index contributed by atoms with van der Waals surface area (Å²) in [7, 11) is 0. The lowest BCUT2D eigenvalue weighted by atomic mass is 9.99. The summed E-state index contributed by atoms with van der Waals surface area (Å²) in [6.45, 7) is 3.56. The molecule has 0 spiro atoms. The Labute approximate surface area is 115 Å². The molecule has 4 nitrogen and oxygen atoms in total. The lowest BCUT2D eigenvalue weighted by Gasteiger charge is -2.20. The van der Waals surface area contributed by atoms with Gasteiger partial charge in [-0.05, 0) is 24.1 Å². The van der Waals surface area contributed by atoms with Gasteiger partial charge in [0.25, 0.3) is 5.91 Å². The van der Waals surface area contributed by atoms with Crippen molar-refractivity contribution in [3.05, 3.63) is 34.6 Å². The third kappa shape index (κ3) is 3.92. The number of carboxylic acids is 1. The molecular formula is C13H15ClFNO3. The Morgan fingerprint density at radius 3 is 2.58 bits per heavy atom. The van der Waals surface area contributed by atoms with Crippen LogP contribution in [0.5, 0.6) is 0 Å². The maximum absolute atomic E-state index is 12.9. The molecule has 1 aromatic rings.